The normalized spacial score (nSPS) is 12.4. The summed E-state index contributed by atoms with van der Waals surface area (Å²) in [7, 11) is 0. The molecule has 0 heterocycles. The van der Waals surface area contributed by atoms with Crippen LogP contribution in [0.15, 0.2) is 35.3 Å². The van der Waals surface area contributed by atoms with Crippen molar-refractivity contribution in [2.45, 2.75) is 32.6 Å². The molecule has 1 unspecified atom stereocenters. The first kappa shape index (κ1) is 23.1. The van der Waals surface area contributed by atoms with Gasteiger partial charge < -0.3 is 20.5 Å². The number of benzene rings is 1. The summed E-state index contributed by atoms with van der Waals surface area (Å²) in [6.07, 6.45) is 2.25. The number of hydrogen-bond donors (Lipinski definition) is 3. The van der Waals surface area contributed by atoms with Gasteiger partial charge >= 0.3 is 0 Å². The third-order valence-corrected chi connectivity index (χ3v) is 3.49. The lowest BCUT2D eigenvalue weighted by Crippen LogP contribution is -2.39. The molecule has 6 heteroatoms. The zero-order valence-corrected chi connectivity index (χ0v) is 17.2. The van der Waals surface area contributed by atoms with Gasteiger partial charge in [-0.3, -0.25) is 4.99 Å². The number of aliphatic imine (C=N–C) groups is 1. The number of ether oxygens (including phenoxy) is 1. The molecule has 0 radical (unpaired) electrons. The lowest BCUT2D eigenvalue weighted by atomic mass is 10.0. The summed E-state index contributed by atoms with van der Waals surface area (Å²) in [5.74, 6) is 0.786. The van der Waals surface area contributed by atoms with Crippen molar-refractivity contribution in [2.24, 2.45) is 4.99 Å². The zero-order valence-electron chi connectivity index (χ0n) is 14.8. The second kappa shape index (κ2) is 15.7. The number of nitrogens with one attached hydrogen (secondary N) is 2. The molecule has 0 spiro atoms. The summed E-state index contributed by atoms with van der Waals surface area (Å²) in [5, 5.41) is 16.1. The van der Waals surface area contributed by atoms with Crippen LogP contribution >= 0.6 is 24.0 Å². The summed E-state index contributed by atoms with van der Waals surface area (Å²) >= 11 is 0. The van der Waals surface area contributed by atoms with Crippen LogP contribution in [0.1, 0.15) is 38.2 Å². The minimum absolute atomic E-state index is 0. The summed E-state index contributed by atoms with van der Waals surface area (Å²) in [6, 6.07) is 10.00. The highest BCUT2D eigenvalue weighted by Crippen LogP contribution is 2.14. The number of nitrogens with zero attached hydrogens (tertiary/aromatic N) is 1. The lowest BCUT2D eigenvalue weighted by molar-refractivity contribution is 0.136. The number of unbranched alkanes of at least 4 members (excludes halogenated alkanes) is 1. The predicted octanol–water partition coefficient (Wildman–Crippen LogP) is 2.75. The van der Waals surface area contributed by atoms with Crippen molar-refractivity contribution in [1.29, 1.82) is 0 Å². The maximum atomic E-state index is 9.59. The molecule has 0 fully saturated rings. The van der Waals surface area contributed by atoms with Crippen molar-refractivity contribution < 1.29 is 9.84 Å². The Kier molecular flexibility index (Phi) is 15.1. The number of rotatable bonds is 11. The Bertz CT molecular complexity index is 430. The van der Waals surface area contributed by atoms with E-state index in [1.54, 1.807) is 0 Å². The first-order chi connectivity index (χ1) is 11.3. The smallest absolute Gasteiger partial charge is 0.191 e. The number of hydrogen-bond acceptors (Lipinski definition) is 3. The largest absolute Gasteiger partial charge is 0.396 e. The van der Waals surface area contributed by atoms with Gasteiger partial charge in [0.25, 0.3) is 0 Å². The highest BCUT2D eigenvalue weighted by molar-refractivity contribution is 14.0. The summed E-state index contributed by atoms with van der Waals surface area (Å²) < 4.78 is 5.53. The monoisotopic (exact) mass is 449 g/mol. The SMILES string of the molecule is CCCCOCCNC(=NCC(CO)c1ccccc1)NCC.I. The van der Waals surface area contributed by atoms with E-state index in [-0.39, 0.29) is 36.5 Å². The maximum absolute atomic E-state index is 9.59. The lowest BCUT2D eigenvalue weighted by Gasteiger charge is -2.15. The molecule has 1 atom stereocenters. The van der Waals surface area contributed by atoms with Gasteiger partial charge in [-0.25, -0.2) is 0 Å². The topological polar surface area (TPSA) is 65.9 Å². The van der Waals surface area contributed by atoms with Crippen LogP contribution in [0.4, 0.5) is 0 Å². The molecule has 0 bridgehead atoms. The third-order valence-electron chi connectivity index (χ3n) is 3.49. The van der Waals surface area contributed by atoms with E-state index in [0.717, 1.165) is 44.1 Å². The minimum Gasteiger partial charge on any atom is -0.396 e. The highest BCUT2D eigenvalue weighted by Gasteiger charge is 2.09. The summed E-state index contributed by atoms with van der Waals surface area (Å²) in [5.41, 5.74) is 1.11. The predicted molar refractivity (Wildman–Crippen MR) is 111 cm³/mol. The number of aliphatic hydroxyl groups excluding tert-OH is 1. The van der Waals surface area contributed by atoms with Gasteiger partial charge in [0, 0.05) is 25.6 Å². The van der Waals surface area contributed by atoms with Gasteiger partial charge in [-0.1, -0.05) is 43.7 Å². The average Bonchev–Trinajstić information content (AvgIpc) is 2.59. The summed E-state index contributed by atoms with van der Waals surface area (Å²) in [4.78, 5) is 4.57. The van der Waals surface area contributed by atoms with Crippen LogP contribution in [0.2, 0.25) is 0 Å². The van der Waals surface area contributed by atoms with Gasteiger partial charge in [-0.05, 0) is 18.9 Å². The van der Waals surface area contributed by atoms with Crippen LogP contribution in [-0.4, -0.2) is 50.5 Å². The molecule has 0 amide bonds. The van der Waals surface area contributed by atoms with Crippen LogP contribution in [-0.2, 0) is 4.74 Å². The number of aliphatic hydroxyl groups is 1. The molecule has 5 nitrogen and oxygen atoms in total. The van der Waals surface area contributed by atoms with Crippen molar-refractivity contribution in [3.63, 3.8) is 0 Å². The highest BCUT2D eigenvalue weighted by atomic mass is 127. The Hall–Kier alpha value is -0.860. The molecule has 0 aliphatic carbocycles. The Morgan fingerprint density at radius 1 is 1.17 bits per heavy atom. The molecular weight excluding hydrogens is 417 g/mol. The fourth-order valence-corrected chi connectivity index (χ4v) is 2.13. The maximum Gasteiger partial charge on any atom is 0.191 e. The molecule has 138 valence electrons. The standard InChI is InChI=1S/C18H31N3O2.HI/c1-3-5-12-23-13-11-20-18(19-4-2)21-14-17(15-22)16-9-7-6-8-10-16;/h6-10,17,22H,3-5,11-15H2,1-2H3,(H2,19,20,21);1H. The Morgan fingerprint density at radius 3 is 2.54 bits per heavy atom. The molecule has 0 aliphatic heterocycles. The van der Waals surface area contributed by atoms with Crippen molar-refractivity contribution in [3.05, 3.63) is 35.9 Å². The molecular formula is C18H32IN3O2. The van der Waals surface area contributed by atoms with Crippen molar-refractivity contribution >= 4 is 29.9 Å². The fraction of sp³-hybridized carbons (Fsp3) is 0.611. The van der Waals surface area contributed by atoms with Gasteiger partial charge in [0.1, 0.15) is 0 Å². The Morgan fingerprint density at radius 2 is 1.92 bits per heavy atom. The molecule has 3 N–H and O–H groups in total. The van der Waals surface area contributed by atoms with Crippen molar-refractivity contribution in [2.75, 3.05) is 39.5 Å². The Balaban J connectivity index is 0.00000529. The van der Waals surface area contributed by atoms with Crippen LogP contribution < -0.4 is 10.6 Å². The van der Waals surface area contributed by atoms with E-state index in [4.69, 9.17) is 4.74 Å². The molecule has 0 saturated heterocycles. The molecule has 0 aromatic heterocycles. The molecule has 24 heavy (non-hydrogen) atoms. The van der Waals surface area contributed by atoms with Gasteiger partial charge in [0.05, 0.1) is 19.8 Å². The van der Waals surface area contributed by atoms with Gasteiger partial charge in [0.2, 0.25) is 0 Å². The van der Waals surface area contributed by atoms with E-state index in [2.05, 4.69) is 22.5 Å². The van der Waals surface area contributed by atoms with Gasteiger partial charge in [-0.2, -0.15) is 0 Å². The van der Waals surface area contributed by atoms with Crippen LogP contribution in [0.3, 0.4) is 0 Å². The van der Waals surface area contributed by atoms with Crippen LogP contribution in [0.5, 0.6) is 0 Å². The number of halogens is 1. The van der Waals surface area contributed by atoms with E-state index in [1.165, 1.54) is 0 Å². The van der Waals surface area contributed by atoms with E-state index < -0.39 is 0 Å². The summed E-state index contributed by atoms with van der Waals surface area (Å²) in [6.45, 7) is 7.85. The average molecular weight is 449 g/mol. The van der Waals surface area contributed by atoms with Gasteiger partial charge in [0.15, 0.2) is 5.96 Å². The van der Waals surface area contributed by atoms with E-state index in [1.807, 2.05) is 37.3 Å². The zero-order chi connectivity index (χ0) is 16.8. The number of guanidine groups is 1. The van der Waals surface area contributed by atoms with Crippen LogP contribution in [0.25, 0.3) is 0 Å². The van der Waals surface area contributed by atoms with Gasteiger partial charge in [-0.15, -0.1) is 24.0 Å². The van der Waals surface area contributed by atoms with Crippen molar-refractivity contribution in [3.8, 4) is 0 Å². The second-order valence-corrected chi connectivity index (χ2v) is 5.40. The van der Waals surface area contributed by atoms with E-state index in [0.29, 0.717) is 13.2 Å². The molecule has 0 aliphatic rings. The van der Waals surface area contributed by atoms with Crippen molar-refractivity contribution in [1.82, 2.24) is 10.6 Å². The molecule has 1 aromatic carbocycles. The fourth-order valence-electron chi connectivity index (χ4n) is 2.13. The van der Waals surface area contributed by atoms with E-state index in [9.17, 15) is 5.11 Å². The van der Waals surface area contributed by atoms with Crippen LogP contribution in [0, 0.1) is 0 Å². The first-order valence-electron chi connectivity index (χ1n) is 8.57. The molecule has 1 rings (SSSR count). The second-order valence-electron chi connectivity index (χ2n) is 5.40. The first-order valence-corrected chi connectivity index (χ1v) is 8.57. The molecule has 1 aromatic rings. The Labute approximate surface area is 163 Å². The van der Waals surface area contributed by atoms with E-state index >= 15 is 0 Å². The minimum atomic E-state index is 0. The molecule has 0 saturated carbocycles. The third kappa shape index (κ3) is 10.1. The quantitative estimate of drug-likeness (QED) is 0.210.